The molecule has 0 saturated heterocycles. The van der Waals surface area contributed by atoms with Crippen molar-refractivity contribution in [3.63, 3.8) is 0 Å². The number of carboxylic acid groups (broad SMARTS) is 1. The van der Waals surface area contributed by atoms with Gasteiger partial charge in [-0.2, -0.15) is 0 Å². The fourth-order valence-electron chi connectivity index (χ4n) is 1.44. The Bertz CT molecular complexity index is 505. The molecule has 6 nitrogen and oxygen atoms in total. The summed E-state index contributed by atoms with van der Waals surface area (Å²) in [5.74, 6) is -1.35. The molecule has 7 heteroatoms. The maximum absolute atomic E-state index is 11.7. The van der Waals surface area contributed by atoms with E-state index in [4.69, 9.17) is 27.2 Å². The van der Waals surface area contributed by atoms with Gasteiger partial charge in [-0.25, -0.2) is 0 Å². The number of methoxy groups -OCH3 is 1. The van der Waals surface area contributed by atoms with Crippen LogP contribution in [0.1, 0.15) is 12.0 Å². The van der Waals surface area contributed by atoms with Gasteiger partial charge in [-0.05, 0) is 18.6 Å². The van der Waals surface area contributed by atoms with Crippen molar-refractivity contribution in [2.45, 2.75) is 19.4 Å². The standard InChI is InChI=1S/C12H15ClN2O4/c1-6-3-9(10(19-2)4-7(6)13)15-12(18)8(14)5-11(16)17/h3-4,8H,5,14H2,1-2H3,(H,15,18)(H,16,17). The third-order valence-corrected chi connectivity index (χ3v) is 2.88. The van der Waals surface area contributed by atoms with Crippen LogP contribution in [0.5, 0.6) is 5.75 Å². The Hall–Kier alpha value is -1.79. The van der Waals surface area contributed by atoms with Gasteiger partial charge < -0.3 is 20.9 Å². The van der Waals surface area contributed by atoms with Gasteiger partial charge in [-0.15, -0.1) is 0 Å². The number of aryl methyl sites for hydroxylation is 1. The molecule has 0 bridgehead atoms. The van der Waals surface area contributed by atoms with Gasteiger partial charge in [-0.1, -0.05) is 11.6 Å². The topological polar surface area (TPSA) is 102 Å². The minimum atomic E-state index is -1.14. The summed E-state index contributed by atoms with van der Waals surface area (Å²) < 4.78 is 5.09. The largest absolute Gasteiger partial charge is 0.495 e. The first kappa shape index (κ1) is 15.3. The number of hydrogen-bond acceptors (Lipinski definition) is 4. The van der Waals surface area contributed by atoms with E-state index in [0.29, 0.717) is 16.5 Å². The normalized spacial score (nSPS) is 11.8. The minimum absolute atomic E-state index is 0.381. The van der Waals surface area contributed by atoms with Crippen molar-refractivity contribution in [1.82, 2.24) is 0 Å². The molecule has 4 N–H and O–H groups in total. The van der Waals surface area contributed by atoms with Crippen LogP contribution in [0.2, 0.25) is 5.02 Å². The lowest BCUT2D eigenvalue weighted by molar-refractivity contribution is -0.138. The van der Waals surface area contributed by atoms with Crippen LogP contribution in [-0.2, 0) is 9.59 Å². The maximum atomic E-state index is 11.7. The summed E-state index contributed by atoms with van der Waals surface area (Å²) in [5.41, 5.74) is 6.62. The average Bonchev–Trinajstić information content (AvgIpc) is 2.32. The number of nitrogens with one attached hydrogen (secondary N) is 1. The zero-order valence-electron chi connectivity index (χ0n) is 10.6. The van der Waals surface area contributed by atoms with Crippen molar-refractivity contribution in [3.05, 3.63) is 22.7 Å². The van der Waals surface area contributed by atoms with Gasteiger partial charge in [0.15, 0.2) is 0 Å². The monoisotopic (exact) mass is 286 g/mol. The second-order valence-electron chi connectivity index (χ2n) is 4.00. The number of amides is 1. The smallest absolute Gasteiger partial charge is 0.305 e. The van der Waals surface area contributed by atoms with Gasteiger partial charge in [0.2, 0.25) is 5.91 Å². The molecule has 19 heavy (non-hydrogen) atoms. The third kappa shape index (κ3) is 4.11. The highest BCUT2D eigenvalue weighted by Crippen LogP contribution is 2.30. The number of halogens is 1. The minimum Gasteiger partial charge on any atom is -0.495 e. The number of aliphatic carboxylic acids is 1. The molecule has 0 aliphatic heterocycles. The molecule has 1 amide bonds. The van der Waals surface area contributed by atoms with E-state index in [2.05, 4.69) is 5.32 Å². The number of anilines is 1. The predicted octanol–water partition coefficient (Wildman–Crippen LogP) is 1.40. The van der Waals surface area contributed by atoms with Gasteiger partial charge in [0.1, 0.15) is 5.75 Å². The molecule has 0 saturated carbocycles. The quantitative estimate of drug-likeness (QED) is 0.759. The summed E-state index contributed by atoms with van der Waals surface area (Å²) in [6, 6.07) is 2.07. The van der Waals surface area contributed by atoms with Crippen molar-refractivity contribution in [2.75, 3.05) is 12.4 Å². The average molecular weight is 287 g/mol. The molecular weight excluding hydrogens is 272 g/mol. The Balaban J connectivity index is 2.90. The Labute approximate surface area is 115 Å². The summed E-state index contributed by atoms with van der Waals surface area (Å²) in [5, 5.41) is 11.6. The van der Waals surface area contributed by atoms with Crippen molar-refractivity contribution in [1.29, 1.82) is 0 Å². The number of rotatable bonds is 5. The fourth-order valence-corrected chi connectivity index (χ4v) is 1.59. The number of carbonyl (C=O) groups is 2. The molecule has 0 aromatic heterocycles. The highest BCUT2D eigenvalue weighted by atomic mass is 35.5. The summed E-state index contributed by atoms with van der Waals surface area (Å²) in [6.07, 6.45) is -0.444. The van der Waals surface area contributed by atoms with Crippen LogP contribution in [0.25, 0.3) is 0 Å². The molecule has 0 heterocycles. The van der Waals surface area contributed by atoms with Gasteiger partial charge in [-0.3, -0.25) is 9.59 Å². The molecule has 1 aromatic rings. The number of carboxylic acids is 1. The van der Waals surface area contributed by atoms with E-state index >= 15 is 0 Å². The molecule has 1 unspecified atom stereocenters. The van der Waals surface area contributed by atoms with Gasteiger partial charge in [0, 0.05) is 11.1 Å². The van der Waals surface area contributed by atoms with E-state index in [9.17, 15) is 9.59 Å². The SMILES string of the molecule is COc1cc(Cl)c(C)cc1NC(=O)C(N)CC(=O)O. The first-order valence-corrected chi connectivity index (χ1v) is 5.85. The van der Waals surface area contributed by atoms with Crippen LogP contribution in [0.3, 0.4) is 0 Å². The number of nitrogens with two attached hydrogens (primary N) is 1. The molecule has 104 valence electrons. The zero-order valence-corrected chi connectivity index (χ0v) is 11.3. The molecule has 0 fully saturated rings. The lowest BCUT2D eigenvalue weighted by Crippen LogP contribution is -2.37. The number of carbonyl (C=O) groups excluding carboxylic acids is 1. The van der Waals surface area contributed by atoms with Gasteiger partial charge >= 0.3 is 5.97 Å². The Kier molecular flexibility index (Phi) is 5.14. The Morgan fingerprint density at radius 2 is 2.16 bits per heavy atom. The van der Waals surface area contributed by atoms with E-state index in [-0.39, 0.29) is 0 Å². The Morgan fingerprint density at radius 3 is 2.68 bits per heavy atom. The van der Waals surface area contributed by atoms with E-state index in [1.54, 1.807) is 19.1 Å². The fraction of sp³-hybridized carbons (Fsp3) is 0.333. The van der Waals surface area contributed by atoms with Crippen LogP contribution >= 0.6 is 11.6 Å². The van der Waals surface area contributed by atoms with Gasteiger partial charge in [0.25, 0.3) is 0 Å². The summed E-state index contributed by atoms with van der Waals surface area (Å²) in [7, 11) is 1.44. The summed E-state index contributed by atoms with van der Waals surface area (Å²) >= 11 is 5.94. The Morgan fingerprint density at radius 1 is 1.53 bits per heavy atom. The predicted molar refractivity (Wildman–Crippen MR) is 71.6 cm³/mol. The van der Waals surface area contributed by atoms with Crippen molar-refractivity contribution in [2.24, 2.45) is 5.73 Å². The van der Waals surface area contributed by atoms with Crippen molar-refractivity contribution < 1.29 is 19.4 Å². The van der Waals surface area contributed by atoms with Crippen LogP contribution in [0, 0.1) is 6.92 Å². The lowest BCUT2D eigenvalue weighted by atomic mass is 10.1. The highest BCUT2D eigenvalue weighted by molar-refractivity contribution is 6.31. The first-order valence-electron chi connectivity index (χ1n) is 5.47. The summed E-state index contributed by atoms with van der Waals surface area (Å²) in [6.45, 7) is 1.77. The highest BCUT2D eigenvalue weighted by Gasteiger charge is 2.19. The molecule has 0 spiro atoms. The van der Waals surface area contributed by atoms with E-state index in [1.807, 2.05) is 0 Å². The summed E-state index contributed by atoms with van der Waals surface area (Å²) in [4.78, 5) is 22.2. The molecule has 1 atom stereocenters. The van der Waals surface area contributed by atoms with Crippen LogP contribution < -0.4 is 15.8 Å². The lowest BCUT2D eigenvalue weighted by Gasteiger charge is -2.14. The number of hydrogen-bond donors (Lipinski definition) is 3. The van der Waals surface area contributed by atoms with Crippen molar-refractivity contribution >= 4 is 29.2 Å². The molecule has 1 rings (SSSR count). The van der Waals surface area contributed by atoms with E-state index < -0.39 is 24.3 Å². The van der Waals surface area contributed by atoms with Crippen LogP contribution in [0.15, 0.2) is 12.1 Å². The van der Waals surface area contributed by atoms with Crippen LogP contribution in [-0.4, -0.2) is 30.1 Å². The molecule has 0 aliphatic carbocycles. The van der Waals surface area contributed by atoms with E-state index in [0.717, 1.165) is 5.56 Å². The third-order valence-electron chi connectivity index (χ3n) is 2.47. The molecule has 1 aromatic carbocycles. The molecule has 0 aliphatic rings. The van der Waals surface area contributed by atoms with Crippen LogP contribution in [0.4, 0.5) is 5.69 Å². The molecule has 0 radical (unpaired) electrons. The number of benzene rings is 1. The second-order valence-corrected chi connectivity index (χ2v) is 4.40. The molecular formula is C12H15ClN2O4. The van der Waals surface area contributed by atoms with E-state index in [1.165, 1.54) is 7.11 Å². The van der Waals surface area contributed by atoms with Crippen molar-refractivity contribution in [3.8, 4) is 5.75 Å². The van der Waals surface area contributed by atoms with Gasteiger partial charge in [0.05, 0.1) is 25.3 Å². The first-order chi connectivity index (χ1) is 8.85. The zero-order chi connectivity index (χ0) is 14.6. The second kappa shape index (κ2) is 6.40. The number of ether oxygens (including phenoxy) is 1. The maximum Gasteiger partial charge on any atom is 0.305 e.